The zero-order chi connectivity index (χ0) is 16.3. The third-order valence-electron chi connectivity index (χ3n) is 4.29. The second kappa shape index (κ2) is 6.83. The van der Waals surface area contributed by atoms with Crippen LogP contribution in [0.4, 0.5) is 0 Å². The Labute approximate surface area is 137 Å². The Hall–Kier alpha value is -1.69. The molecule has 2 aromatic carbocycles. The summed E-state index contributed by atoms with van der Waals surface area (Å²) in [6, 6.07) is 15.4. The SMILES string of the molecule is O=S(=O)(c1ccccc1)c1ccc(CC(O)C2CCCN2)cc1. The molecular weight excluding hydrogens is 310 g/mol. The maximum atomic E-state index is 12.5. The van der Waals surface area contributed by atoms with Crippen LogP contribution in [-0.4, -0.2) is 32.2 Å². The second-order valence-corrected chi connectivity index (χ2v) is 7.88. The molecule has 0 radical (unpaired) electrons. The molecule has 0 saturated carbocycles. The summed E-state index contributed by atoms with van der Waals surface area (Å²) in [6.07, 6.45) is 2.18. The molecule has 1 aliphatic rings. The van der Waals surface area contributed by atoms with Gasteiger partial charge < -0.3 is 10.4 Å². The van der Waals surface area contributed by atoms with Crippen molar-refractivity contribution in [1.29, 1.82) is 0 Å². The smallest absolute Gasteiger partial charge is 0.206 e. The first-order chi connectivity index (χ1) is 11.1. The fourth-order valence-corrected chi connectivity index (χ4v) is 4.25. The van der Waals surface area contributed by atoms with Gasteiger partial charge in [0, 0.05) is 6.04 Å². The van der Waals surface area contributed by atoms with Crippen LogP contribution in [-0.2, 0) is 16.3 Å². The lowest BCUT2D eigenvalue weighted by Gasteiger charge is -2.18. The average molecular weight is 331 g/mol. The minimum absolute atomic E-state index is 0.141. The van der Waals surface area contributed by atoms with E-state index in [0.717, 1.165) is 24.9 Å². The predicted octanol–water partition coefficient (Wildman–Crippen LogP) is 2.17. The third-order valence-corrected chi connectivity index (χ3v) is 6.08. The van der Waals surface area contributed by atoms with Crippen molar-refractivity contribution >= 4 is 9.84 Å². The van der Waals surface area contributed by atoms with Crippen LogP contribution in [0, 0.1) is 0 Å². The molecule has 0 bridgehead atoms. The molecule has 23 heavy (non-hydrogen) atoms. The molecule has 0 aliphatic carbocycles. The molecule has 4 nitrogen and oxygen atoms in total. The number of sulfone groups is 1. The summed E-state index contributed by atoms with van der Waals surface area (Å²) in [5.74, 6) is 0. The highest BCUT2D eigenvalue weighted by molar-refractivity contribution is 7.91. The van der Waals surface area contributed by atoms with Crippen LogP contribution < -0.4 is 5.32 Å². The van der Waals surface area contributed by atoms with Crippen molar-refractivity contribution in [3.05, 3.63) is 60.2 Å². The molecule has 1 aliphatic heterocycles. The molecule has 0 spiro atoms. The molecule has 2 aromatic rings. The minimum Gasteiger partial charge on any atom is -0.391 e. The van der Waals surface area contributed by atoms with E-state index in [4.69, 9.17) is 0 Å². The van der Waals surface area contributed by atoms with Gasteiger partial charge in [-0.25, -0.2) is 8.42 Å². The molecule has 1 saturated heterocycles. The number of hydrogen-bond donors (Lipinski definition) is 2. The first-order valence-corrected chi connectivity index (χ1v) is 9.36. The van der Waals surface area contributed by atoms with Crippen LogP contribution >= 0.6 is 0 Å². The lowest BCUT2D eigenvalue weighted by molar-refractivity contribution is 0.136. The first kappa shape index (κ1) is 16.2. The summed E-state index contributed by atoms with van der Waals surface area (Å²) in [4.78, 5) is 0.573. The van der Waals surface area contributed by atoms with E-state index in [1.54, 1.807) is 54.6 Å². The summed E-state index contributed by atoms with van der Waals surface area (Å²) in [5, 5.41) is 13.5. The van der Waals surface area contributed by atoms with E-state index in [-0.39, 0.29) is 10.9 Å². The summed E-state index contributed by atoms with van der Waals surface area (Å²) >= 11 is 0. The molecule has 1 fully saturated rings. The van der Waals surface area contributed by atoms with Gasteiger partial charge in [-0.05, 0) is 55.6 Å². The fourth-order valence-electron chi connectivity index (χ4n) is 2.96. The molecule has 2 unspecified atom stereocenters. The van der Waals surface area contributed by atoms with Crippen molar-refractivity contribution in [1.82, 2.24) is 5.32 Å². The molecule has 2 atom stereocenters. The Balaban J connectivity index is 1.74. The number of hydrogen-bond acceptors (Lipinski definition) is 4. The molecule has 0 aromatic heterocycles. The summed E-state index contributed by atoms with van der Waals surface area (Å²) in [5.41, 5.74) is 0.943. The number of benzene rings is 2. The van der Waals surface area contributed by atoms with Crippen LogP contribution in [0.5, 0.6) is 0 Å². The Morgan fingerprint density at radius 3 is 2.30 bits per heavy atom. The standard InChI is InChI=1S/C18H21NO3S/c20-18(17-7-4-12-19-17)13-14-8-10-16(11-9-14)23(21,22)15-5-2-1-3-6-15/h1-3,5-6,8-11,17-20H,4,7,12-13H2. The second-order valence-electron chi connectivity index (χ2n) is 5.93. The van der Waals surface area contributed by atoms with Gasteiger partial charge in [-0.3, -0.25) is 0 Å². The van der Waals surface area contributed by atoms with Gasteiger partial charge in [0.15, 0.2) is 0 Å². The van der Waals surface area contributed by atoms with E-state index < -0.39 is 15.9 Å². The van der Waals surface area contributed by atoms with Crippen molar-refractivity contribution in [3.63, 3.8) is 0 Å². The Kier molecular flexibility index (Phi) is 4.80. The van der Waals surface area contributed by atoms with Crippen molar-refractivity contribution in [2.75, 3.05) is 6.54 Å². The molecular formula is C18H21NO3S. The van der Waals surface area contributed by atoms with Gasteiger partial charge >= 0.3 is 0 Å². The largest absolute Gasteiger partial charge is 0.391 e. The van der Waals surface area contributed by atoms with Gasteiger partial charge in [0.1, 0.15) is 0 Å². The van der Waals surface area contributed by atoms with Crippen LogP contribution in [0.25, 0.3) is 0 Å². The number of aliphatic hydroxyl groups is 1. The zero-order valence-electron chi connectivity index (χ0n) is 12.9. The number of rotatable bonds is 5. The van der Waals surface area contributed by atoms with E-state index in [9.17, 15) is 13.5 Å². The van der Waals surface area contributed by atoms with Crippen molar-refractivity contribution < 1.29 is 13.5 Å². The van der Waals surface area contributed by atoms with Crippen LogP contribution in [0.15, 0.2) is 64.4 Å². The Morgan fingerprint density at radius 2 is 1.70 bits per heavy atom. The predicted molar refractivity (Wildman–Crippen MR) is 89.1 cm³/mol. The maximum Gasteiger partial charge on any atom is 0.206 e. The van der Waals surface area contributed by atoms with Gasteiger partial charge in [0.25, 0.3) is 0 Å². The highest BCUT2D eigenvalue weighted by Crippen LogP contribution is 2.21. The van der Waals surface area contributed by atoms with Crippen LogP contribution in [0.2, 0.25) is 0 Å². The number of aliphatic hydroxyl groups excluding tert-OH is 1. The van der Waals surface area contributed by atoms with Gasteiger partial charge in [0.05, 0.1) is 15.9 Å². The van der Waals surface area contributed by atoms with Gasteiger partial charge in [0.2, 0.25) is 9.84 Å². The van der Waals surface area contributed by atoms with Gasteiger partial charge in [-0.2, -0.15) is 0 Å². The fraction of sp³-hybridized carbons (Fsp3) is 0.333. The van der Waals surface area contributed by atoms with Gasteiger partial charge in [-0.15, -0.1) is 0 Å². The number of nitrogens with one attached hydrogen (secondary N) is 1. The Morgan fingerprint density at radius 1 is 1.04 bits per heavy atom. The van der Waals surface area contributed by atoms with E-state index in [1.807, 2.05) is 0 Å². The Bertz CT molecular complexity index is 736. The first-order valence-electron chi connectivity index (χ1n) is 7.88. The van der Waals surface area contributed by atoms with Crippen molar-refractivity contribution in [2.45, 2.75) is 41.2 Å². The van der Waals surface area contributed by atoms with E-state index in [2.05, 4.69) is 5.32 Å². The lowest BCUT2D eigenvalue weighted by atomic mass is 10.0. The highest BCUT2D eigenvalue weighted by atomic mass is 32.2. The van der Waals surface area contributed by atoms with Crippen molar-refractivity contribution in [2.24, 2.45) is 0 Å². The minimum atomic E-state index is -3.47. The molecule has 2 N–H and O–H groups in total. The van der Waals surface area contributed by atoms with E-state index in [1.165, 1.54) is 0 Å². The molecule has 122 valence electrons. The molecule has 5 heteroatoms. The maximum absolute atomic E-state index is 12.5. The van der Waals surface area contributed by atoms with Crippen LogP contribution in [0.1, 0.15) is 18.4 Å². The monoisotopic (exact) mass is 331 g/mol. The van der Waals surface area contributed by atoms with Crippen LogP contribution in [0.3, 0.4) is 0 Å². The zero-order valence-corrected chi connectivity index (χ0v) is 13.7. The third kappa shape index (κ3) is 3.63. The van der Waals surface area contributed by atoms with E-state index in [0.29, 0.717) is 11.3 Å². The summed E-state index contributed by atoms with van der Waals surface area (Å²) in [7, 11) is -3.47. The van der Waals surface area contributed by atoms with Crippen molar-refractivity contribution in [3.8, 4) is 0 Å². The highest BCUT2D eigenvalue weighted by Gasteiger charge is 2.23. The van der Waals surface area contributed by atoms with E-state index >= 15 is 0 Å². The average Bonchev–Trinajstić information content (AvgIpc) is 3.11. The summed E-state index contributed by atoms with van der Waals surface area (Å²) < 4.78 is 25.0. The lowest BCUT2D eigenvalue weighted by Crippen LogP contribution is -2.36. The normalized spacial score (nSPS) is 19.6. The molecule has 3 rings (SSSR count). The molecule has 1 heterocycles. The summed E-state index contributed by atoms with van der Waals surface area (Å²) in [6.45, 7) is 0.954. The topological polar surface area (TPSA) is 66.4 Å². The molecule has 0 amide bonds. The van der Waals surface area contributed by atoms with Gasteiger partial charge in [-0.1, -0.05) is 30.3 Å². The quantitative estimate of drug-likeness (QED) is 0.881.